The highest BCUT2D eigenvalue weighted by molar-refractivity contribution is 5.31. The highest BCUT2D eigenvalue weighted by Gasteiger charge is 2.14. The molecule has 0 aliphatic rings. The first kappa shape index (κ1) is 15.6. The molecule has 1 unspecified atom stereocenters. The number of para-hydroxylation sites is 1. The molecule has 2 aromatic rings. The minimum absolute atomic E-state index is 0.0593. The molecule has 0 radical (unpaired) electrons. The molecular formula is C18H26N2O. The van der Waals surface area contributed by atoms with Crippen LogP contribution in [0.15, 0.2) is 41.2 Å². The molecule has 1 aromatic carbocycles. The lowest BCUT2D eigenvalue weighted by Gasteiger charge is -2.16. The van der Waals surface area contributed by atoms with Crippen LogP contribution in [-0.4, -0.2) is 9.36 Å². The topological polar surface area (TPSA) is 26.9 Å². The van der Waals surface area contributed by atoms with Crippen molar-refractivity contribution in [3.63, 3.8) is 0 Å². The summed E-state index contributed by atoms with van der Waals surface area (Å²) < 4.78 is 3.76. The summed E-state index contributed by atoms with van der Waals surface area (Å²) in [6.07, 6.45) is 5.91. The van der Waals surface area contributed by atoms with Gasteiger partial charge in [-0.05, 0) is 24.5 Å². The fourth-order valence-corrected chi connectivity index (χ4v) is 2.87. The van der Waals surface area contributed by atoms with Gasteiger partial charge in [-0.25, -0.2) is 4.68 Å². The van der Waals surface area contributed by atoms with Gasteiger partial charge in [0.15, 0.2) is 0 Å². The molecule has 21 heavy (non-hydrogen) atoms. The third kappa shape index (κ3) is 3.66. The summed E-state index contributed by atoms with van der Waals surface area (Å²) in [5.74, 6) is 0.669. The van der Waals surface area contributed by atoms with Gasteiger partial charge in [0, 0.05) is 18.8 Å². The number of unbranched alkanes of at least 4 members (excludes halogenated alkanes) is 1. The molecule has 1 heterocycles. The summed E-state index contributed by atoms with van der Waals surface area (Å²) in [7, 11) is 1.98. The molecular weight excluding hydrogens is 260 g/mol. The van der Waals surface area contributed by atoms with Crippen molar-refractivity contribution in [2.24, 2.45) is 13.0 Å². The van der Waals surface area contributed by atoms with Crippen molar-refractivity contribution < 1.29 is 0 Å². The molecule has 0 amide bonds. The second-order valence-electron chi connectivity index (χ2n) is 5.77. The summed E-state index contributed by atoms with van der Waals surface area (Å²) in [4.78, 5) is 12.3. The van der Waals surface area contributed by atoms with Crippen LogP contribution in [0.25, 0.3) is 5.69 Å². The Balaban J connectivity index is 2.25. The average Bonchev–Trinajstić information content (AvgIpc) is 2.78. The molecule has 0 spiro atoms. The number of benzene rings is 1. The highest BCUT2D eigenvalue weighted by Crippen LogP contribution is 2.18. The van der Waals surface area contributed by atoms with Crippen LogP contribution in [0.5, 0.6) is 0 Å². The predicted molar refractivity (Wildman–Crippen MR) is 88.0 cm³/mol. The van der Waals surface area contributed by atoms with Crippen LogP contribution < -0.4 is 5.56 Å². The van der Waals surface area contributed by atoms with Gasteiger partial charge in [-0.1, -0.05) is 57.7 Å². The van der Waals surface area contributed by atoms with E-state index in [0.29, 0.717) is 5.92 Å². The van der Waals surface area contributed by atoms with Crippen molar-refractivity contribution in [2.45, 2.75) is 46.0 Å². The molecule has 2 rings (SSSR count). The third-order valence-electron chi connectivity index (χ3n) is 4.26. The molecule has 0 aliphatic carbocycles. The minimum Gasteiger partial charge on any atom is -0.285 e. The average molecular weight is 286 g/mol. The van der Waals surface area contributed by atoms with Crippen molar-refractivity contribution in [3.8, 4) is 5.69 Å². The summed E-state index contributed by atoms with van der Waals surface area (Å²) >= 11 is 0. The van der Waals surface area contributed by atoms with E-state index < -0.39 is 0 Å². The Morgan fingerprint density at radius 2 is 1.86 bits per heavy atom. The largest absolute Gasteiger partial charge is 0.285 e. The Morgan fingerprint density at radius 1 is 1.14 bits per heavy atom. The molecule has 0 aliphatic heterocycles. The van der Waals surface area contributed by atoms with Gasteiger partial charge in [-0.2, -0.15) is 0 Å². The van der Waals surface area contributed by atoms with Crippen LogP contribution in [0.2, 0.25) is 0 Å². The smallest absolute Gasteiger partial charge is 0.271 e. The van der Waals surface area contributed by atoms with Crippen LogP contribution in [0.3, 0.4) is 0 Å². The SMILES string of the molecule is CCCCC(CC)Cc1cc(=O)n(-c2ccccc2)n1C. The van der Waals surface area contributed by atoms with Gasteiger partial charge in [-0.15, -0.1) is 0 Å². The monoisotopic (exact) mass is 286 g/mol. The lowest BCUT2D eigenvalue weighted by atomic mass is 9.94. The van der Waals surface area contributed by atoms with E-state index in [2.05, 4.69) is 13.8 Å². The molecule has 1 aromatic heterocycles. The Morgan fingerprint density at radius 3 is 2.48 bits per heavy atom. The van der Waals surface area contributed by atoms with Gasteiger partial charge in [0.1, 0.15) is 0 Å². The van der Waals surface area contributed by atoms with E-state index in [1.165, 1.54) is 25.7 Å². The van der Waals surface area contributed by atoms with Gasteiger partial charge in [0.25, 0.3) is 5.56 Å². The van der Waals surface area contributed by atoms with Crippen molar-refractivity contribution in [3.05, 3.63) is 52.4 Å². The van der Waals surface area contributed by atoms with Crippen LogP contribution in [0.4, 0.5) is 0 Å². The first-order valence-electron chi connectivity index (χ1n) is 8.00. The van der Waals surface area contributed by atoms with Gasteiger partial charge >= 0.3 is 0 Å². The maximum atomic E-state index is 12.3. The lowest BCUT2D eigenvalue weighted by Crippen LogP contribution is -2.19. The van der Waals surface area contributed by atoms with Crippen LogP contribution >= 0.6 is 0 Å². The first-order chi connectivity index (χ1) is 10.2. The fraction of sp³-hybridized carbons (Fsp3) is 0.500. The molecule has 3 nitrogen and oxygen atoms in total. The Labute approximate surface area is 127 Å². The predicted octanol–water partition coefficient (Wildman–Crippen LogP) is 3.93. The zero-order valence-electron chi connectivity index (χ0n) is 13.4. The van der Waals surface area contributed by atoms with Gasteiger partial charge < -0.3 is 0 Å². The van der Waals surface area contributed by atoms with Crippen molar-refractivity contribution in [1.29, 1.82) is 0 Å². The van der Waals surface area contributed by atoms with E-state index >= 15 is 0 Å². The maximum Gasteiger partial charge on any atom is 0.271 e. The molecule has 1 atom stereocenters. The summed E-state index contributed by atoms with van der Waals surface area (Å²) in [6.45, 7) is 4.47. The number of rotatable bonds is 7. The summed E-state index contributed by atoms with van der Waals surface area (Å²) in [5, 5.41) is 0. The molecule has 0 fully saturated rings. The van der Waals surface area contributed by atoms with Crippen molar-refractivity contribution in [1.82, 2.24) is 9.36 Å². The zero-order valence-corrected chi connectivity index (χ0v) is 13.4. The summed E-state index contributed by atoms with van der Waals surface area (Å²) in [6, 6.07) is 11.6. The maximum absolute atomic E-state index is 12.3. The van der Waals surface area contributed by atoms with Crippen LogP contribution in [-0.2, 0) is 13.5 Å². The van der Waals surface area contributed by atoms with Crippen LogP contribution in [0.1, 0.15) is 45.2 Å². The summed E-state index contributed by atoms with van der Waals surface area (Å²) in [5.41, 5.74) is 2.12. The van der Waals surface area contributed by atoms with Crippen molar-refractivity contribution in [2.75, 3.05) is 0 Å². The van der Waals surface area contributed by atoms with Crippen LogP contribution in [0, 0.1) is 5.92 Å². The number of nitrogens with zero attached hydrogens (tertiary/aromatic N) is 2. The molecule has 0 bridgehead atoms. The Kier molecular flexibility index (Phi) is 5.43. The minimum atomic E-state index is 0.0593. The first-order valence-corrected chi connectivity index (χ1v) is 8.00. The second kappa shape index (κ2) is 7.30. The van der Waals surface area contributed by atoms with Gasteiger partial charge in [0.05, 0.1) is 5.69 Å². The second-order valence-corrected chi connectivity index (χ2v) is 5.77. The van der Waals surface area contributed by atoms with E-state index in [4.69, 9.17) is 0 Å². The van der Waals surface area contributed by atoms with E-state index in [1.54, 1.807) is 10.7 Å². The van der Waals surface area contributed by atoms with E-state index in [1.807, 2.05) is 42.1 Å². The standard InChI is InChI=1S/C18H26N2O/c1-4-6-10-15(5-2)13-17-14-18(21)20(19(17)3)16-11-8-7-9-12-16/h7-9,11-12,14-15H,4-6,10,13H2,1-3H3. The lowest BCUT2D eigenvalue weighted by molar-refractivity contribution is 0.433. The highest BCUT2D eigenvalue weighted by atomic mass is 16.1. The zero-order chi connectivity index (χ0) is 15.2. The van der Waals surface area contributed by atoms with Crippen molar-refractivity contribution >= 4 is 0 Å². The van der Waals surface area contributed by atoms with Gasteiger partial charge in [0.2, 0.25) is 0 Å². The normalized spacial score (nSPS) is 12.5. The number of hydrogen-bond acceptors (Lipinski definition) is 1. The number of aromatic nitrogens is 2. The van der Waals surface area contributed by atoms with E-state index in [0.717, 1.165) is 17.8 Å². The molecule has 0 saturated heterocycles. The molecule has 3 heteroatoms. The van der Waals surface area contributed by atoms with E-state index in [-0.39, 0.29) is 5.56 Å². The molecule has 0 N–H and O–H groups in total. The molecule has 114 valence electrons. The third-order valence-corrected chi connectivity index (χ3v) is 4.26. The number of hydrogen-bond donors (Lipinski definition) is 0. The molecule has 0 saturated carbocycles. The Hall–Kier alpha value is -1.77. The van der Waals surface area contributed by atoms with Gasteiger partial charge in [-0.3, -0.25) is 9.48 Å². The quantitative estimate of drug-likeness (QED) is 0.757. The van der Waals surface area contributed by atoms with E-state index in [9.17, 15) is 4.79 Å². The Bertz CT molecular complexity index is 610. The fourth-order valence-electron chi connectivity index (χ4n) is 2.87.